The predicted molar refractivity (Wildman–Crippen MR) is 108 cm³/mol. The van der Waals surface area contributed by atoms with Crippen LogP contribution in [0.2, 0.25) is 0 Å². The van der Waals surface area contributed by atoms with E-state index in [1.165, 1.54) is 6.42 Å². The van der Waals surface area contributed by atoms with E-state index in [9.17, 15) is 9.59 Å². The summed E-state index contributed by atoms with van der Waals surface area (Å²) in [6.45, 7) is 1.89. The van der Waals surface area contributed by atoms with Gasteiger partial charge in [-0.3, -0.25) is 14.6 Å². The second-order valence-corrected chi connectivity index (χ2v) is 9.31. The highest BCUT2D eigenvalue weighted by atomic mass is 16.2. The second kappa shape index (κ2) is 6.65. The molecule has 4 saturated carbocycles. The highest BCUT2D eigenvalue weighted by molar-refractivity contribution is 5.93. The molecule has 2 atom stereocenters. The fourth-order valence-corrected chi connectivity index (χ4v) is 6.33. The summed E-state index contributed by atoms with van der Waals surface area (Å²) in [5.74, 6) is 0.841. The molecule has 0 saturated heterocycles. The summed E-state index contributed by atoms with van der Waals surface area (Å²) in [6.07, 6.45) is 7.57. The van der Waals surface area contributed by atoms with Gasteiger partial charge in [-0.05, 0) is 81.5 Å². The number of amides is 2. The molecule has 0 aromatic carbocycles. The summed E-state index contributed by atoms with van der Waals surface area (Å²) >= 11 is 0. The summed E-state index contributed by atoms with van der Waals surface area (Å²) in [4.78, 5) is 34.4. The standard InChI is InChI=1S/C23H26N4O2/c1-15-5-4-7-19(25-15)21(29)27-23-12-16-9-17(13-23)11-22(10-16,14-23)26-20(28)18-6-2-3-8-24-18/h2-8,16-17H,9-14H2,1H3,(H,26,28)(H,27,29). The normalized spacial score (nSPS) is 32.0. The molecule has 0 radical (unpaired) electrons. The van der Waals surface area contributed by atoms with Gasteiger partial charge in [-0.25, -0.2) is 4.98 Å². The molecular formula is C23H26N4O2. The Morgan fingerprint density at radius 1 is 0.897 bits per heavy atom. The molecule has 29 heavy (non-hydrogen) atoms. The Labute approximate surface area is 170 Å². The summed E-state index contributed by atoms with van der Waals surface area (Å²) in [7, 11) is 0. The molecule has 2 unspecified atom stereocenters. The molecule has 4 aliphatic rings. The van der Waals surface area contributed by atoms with E-state index >= 15 is 0 Å². The van der Waals surface area contributed by atoms with Crippen LogP contribution in [-0.2, 0) is 0 Å². The molecule has 2 N–H and O–H groups in total. The van der Waals surface area contributed by atoms with Crippen molar-refractivity contribution < 1.29 is 9.59 Å². The lowest BCUT2D eigenvalue weighted by atomic mass is 9.49. The van der Waals surface area contributed by atoms with Crippen LogP contribution in [0.5, 0.6) is 0 Å². The van der Waals surface area contributed by atoms with Gasteiger partial charge in [0.15, 0.2) is 0 Å². The first-order chi connectivity index (χ1) is 13.9. The van der Waals surface area contributed by atoms with Gasteiger partial charge < -0.3 is 10.6 Å². The highest BCUT2D eigenvalue weighted by Gasteiger charge is 2.58. The lowest BCUT2D eigenvalue weighted by molar-refractivity contribution is -0.0449. The van der Waals surface area contributed by atoms with Gasteiger partial charge in [-0.15, -0.1) is 0 Å². The van der Waals surface area contributed by atoms with Crippen LogP contribution in [-0.4, -0.2) is 32.9 Å². The molecule has 0 spiro atoms. The maximum atomic E-state index is 13.0. The van der Waals surface area contributed by atoms with E-state index in [0.717, 1.165) is 37.8 Å². The zero-order valence-corrected chi connectivity index (χ0v) is 16.6. The van der Waals surface area contributed by atoms with Crippen LogP contribution in [0.15, 0.2) is 42.6 Å². The maximum Gasteiger partial charge on any atom is 0.270 e. The van der Waals surface area contributed by atoms with Gasteiger partial charge in [-0.2, -0.15) is 0 Å². The molecule has 6 heteroatoms. The minimum absolute atomic E-state index is 0.109. The first kappa shape index (κ1) is 18.3. The fraction of sp³-hybridized carbons (Fsp3) is 0.478. The molecule has 150 valence electrons. The minimum atomic E-state index is -0.260. The maximum absolute atomic E-state index is 13.0. The summed E-state index contributed by atoms with van der Waals surface area (Å²) in [5, 5.41) is 6.66. The van der Waals surface area contributed by atoms with Gasteiger partial charge in [0.05, 0.1) is 0 Å². The average molecular weight is 390 g/mol. The molecule has 4 bridgehead atoms. The first-order valence-corrected chi connectivity index (χ1v) is 10.4. The van der Waals surface area contributed by atoms with Crippen molar-refractivity contribution in [3.8, 4) is 0 Å². The van der Waals surface area contributed by atoms with E-state index in [0.29, 0.717) is 23.2 Å². The lowest BCUT2D eigenvalue weighted by Gasteiger charge is -2.62. The third-order valence-electron chi connectivity index (χ3n) is 6.84. The smallest absolute Gasteiger partial charge is 0.270 e. The number of pyridine rings is 2. The molecule has 6 nitrogen and oxygen atoms in total. The second-order valence-electron chi connectivity index (χ2n) is 9.31. The number of aromatic nitrogens is 2. The monoisotopic (exact) mass is 390 g/mol. The van der Waals surface area contributed by atoms with Gasteiger partial charge in [0.25, 0.3) is 11.8 Å². The van der Waals surface area contributed by atoms with Crippen molar-refractivity contribution in [3.63, 3.8) is 0 Å². The van der Waals surface area contributed by atoms with Crippen molar-refractivity contribution in [1.82, 2.24) is 20.6 Å². The van der Waals surface area contributed by atoms with Crippen LogP contribution in [0, 0.1) is 18.8 Å². The van der Waals surface area contributed by atoms with Crippen molar-refractivity contribution in [2.75, 3.05) is 0 Å². The van der Waals surface area contributed by atoms with E-state index in [1.807, 2.05) is 31.2 Å². The number of aryl methyl sites for hydroxylation is 1. The van der Waals surface area contributed by atoms with Crippen LogP contribution in [0.25, 0.3) is 0 Å². The minimum Gasteiger partial charge on any atom is -0.345 e. The quantitative estimate of drug-likeness (QED) is 0.840. The van der Waals surface area contributed by atoms with Crippen molar-refractivity contribution in [2.24, 2.45) is 11.8 Å². The Balaban J connectivity index is 1.38. The van der Waals surface area contributed by atoms with E-state index in [2.05, 4.69) is 20.6 Å². The Morgan fingerprint density at radius 2 is 1.52 bits per heavy atom. The zero-order valence-electron chi connectivity index (χ0n) is 16.6. The van der Waals surface area contributed by atoms with Crippen molar-refractivity contribution in [2.45, 2.75) is 56.5 Å². The van der Waals surface area contributed by atoms with Crippen LogP contribution in [0.3, 0.4) is 0 Å². The molecule has 2 aromatic rings. The van der Waals surface area contributed by atoms with Crippen molar-refractivity contribution in [1.29, 1.82) is 0 Å². The van der Waals surface area contributed by atoms with Crippen LogP contribution in [0.1, 0.15) is 65.2 Å². The van der Waals surface area contributed by atoms with E-state index < -0.39 is 0 Å². The van der Waals surface area contributed by atoms with Gasteiger partial charge in [-0.1, -0.05) is 12.1 Å². The van der Waals surface area contributed by atoms with Gasteiger partial charge >= 0.3 is 0 Å². The van der Waals surface area contributed by atoms with Crippen LogP contribution < -0.4 is 10.6 Å². The topological polar surface area (TPSA) is 84.0 Å². The number of hydrogen-bond acceptors (Lipinski definition) is 4. The van der Waals surface area contributed by atoms with Crippen molar-refractivity contribution >= 4 is 11.8 Å². The van der Waals surface area contributed by atoms with Gasteiger partial charge in [0.2, 0.25) is 0 Å². The number of nitrogens with zero attached hydrogens (tertiary/aromatic N) is 2. The number of carbonyl (C=O) groups is 2. The summed E-state index contributed by atoms with van der Waals surface area (Å²) in [5.41, 5.74) is 1.23. The number of carbonyl (C=O) groups excluding carboxylic acids is 2. The first-order valence-electron chi connectivity index (χ1n) is 10.4. The average Bonchev–Trinajstić information content (AvgIpc) is 2.67. The number of rotatable bonds is 4. The highest BCUT2D eigenvalue weighted by Crippen LogP contribution is 2.57. The molecule has 2 aromatic heterocycles. The molecule has 2 heterocycles. The lowest BCUT2D eigenvalue weighted by Crippen LogP contribution is -2.69. The summed E-state index contributed by atoms with van der Waals surface area (Å²) < 4.78 is 0. The Kier molecular flexibility index (Phi) is 4.19. The third kappa shape index (κ3) is 3.41. The zero-order chi connectivity index (χ0) is 20.1. The van der Waals surface area contributed by atoms with Crippen LogP contribution >= 0.6 is 0 Å². The Bertz CT molecular complexity index is 944. The number of hydrogen-bond donors (Lipinski definition) is 2. The van der Waals surface area contributed by atoms with Crippen molar-refractivity contribution in [3.05, 3.63) is 59.7 Å². The molecule has 2 amide bonds. The third-order valence-corrected chi connectivity index (χ3v) is 6.84. The van der Waals surface area contributed by atoms with E-state index in [4.69, 9.17) is 0 Å². The van der Waals surface area contributed by atoms with Gasteiger partial charge in [0.1, 0.15) is 11.4 Å². The molecule has 0 aliphatic heterocycles. The van der Waals surface area contributed by atoms with E-state index in [-0.39, 0.29) is 22.9 Å². The molecule has 4 fully saturated rings. The Morgan fingerprint density at radius 3 is 2.10 bits per heavy atom. The van der Waals surface area contributed by atoms with E-state index in [1.54, 1.807) is 18.3 Å². The summed E-state index contributed by atoms with van der Waals surface area (Å²) in [6, 6.07) is 10.9. The molecule has 4 aliphatic carbocycles. The van der Waals surface area contributed by atoms with Gasteiger partial charge in [0, 0.05) is 23.0 Å². The number of nitrogens with one attached hydrogen (secondary N) is 2. The van der Waals surface area contributed by atoms with Crippen LogP contribution in [0.4, 0.5) is 0 Å². The molecular weight excluding hydrogens is 364 g/mol. The fourth-order valence-electron chi connectivity index (χ4n) is 6.33. The SMILES string of the molecule is Cc1cccc(C(=O)NC23CC4CC(CC(NC(=O)c5ccccn5)(C4)C2)C3)n1. The molecule has 6 rings (SSSR count). The predicted octanol–water partition coefficient (Wildman–Crippen LogP) is 3.04. The Hall–Kier alpha value is -2.76. The largest absolute Gasteiger partial charge is 0.345 e.